The first-order chi connectivity index (χ1) is 23.2. The van der Waals surface area contributed by atoms with Gasteiger partial charge in [0.25, 0.3) is 0 Å². The predicted octanol–water partition coefficient (Wildman–Crippen LogP) is -7.93. The van der Waals surface area contributed by atoms with Gasteiger partial charge in [0.05, 0.1) is 44.7 Å². The molecule has 0 aromatic carbocycles. The molecule has 49 heavy (non-hydrogen) atoms. The molecule has 21 heteroatoms. The number of ether oxygens (including phenoxy) is 8. The van der Waals surface area contributed by atoms with Crippen molar-refractivity contribution in [1.29, 1.82) is 0 Å². The van der Waals surface area contributed by atoms with Crippen molar-refractivity contribution in [2.45, 2.75) is 149 Å². The molecule has 0 aromatic rings. The molecule has 21 atom stereocenters. The molecule has 4 aliphatic heterocycles. The Kier molecular flexibility index (Phi) is 14.9. The summed E-state index contributed by atoms with van der Waals surface area (Å²) < 4.78 is 45.5. The third-order valence-electron chi connectivity index (χ3n) is 9.06. The summed E-state index contributed by atoms with van der Waals surface area (Å²) in [5, 5.41) is 135. The van der Waals surface area contributed by atoms with Gasteiger partial charge in [0.2, 0.25) is 0 Å². The van der Waals surface area contributed by atoms with Crippen LogP contribution in [0.25, 0.3) is 0 Å². The maximum atomic E-state index is 11.4. The molecule has 0 radical (unpaired) electrons. The van der Waals surface area contributed by atoms with E-state index in [2.05, 4.69) is 0 Å². The summed E-state index contributed by atoms with van der Waals surface area (Å²) in [5.74, 6) is 0. The Bertz CT molecular complexity index is 994. The fourth-order valence-electron chi connectivity index (χ4n) is 5.97. The smallest absolute Gasteiger partial charge is 0.187 e. The van der Waals surface area contributed by atoms with Crippen molar-refractivity contribution < 1.29 is 104 Å². The average Bonchev–Trinajstić information content (AvgIpc) is 3.07. The molecule has 288 valence electrons. The lowest BCUT2D eigenvalue weighted by molar-refractivity contribution is -0.402. The standard InChI is InChI=1S/C28H50O21/c1-8(33)12(4-29)43-28-24(23(18(38)15(7-32)46-28)48-26-20(40)19(39)16(36)13(5-30)44-26)49-27-21(41)22(17(37)14(6-31)45-27)47-25-11(35)3-10(34)9(2)42-25/h8-41H,3-7H2,1-2H3/t8-,9-,10+,11-,12+,13-,14-,15-,16+,17+,18-,19+,20-,21-,22+,23+,24+,25+,26-,27-,28+/m1/s1. The molecule has 4 heterocycles. The Morgan fingerprint density at radius 1 is 0.551 bits per heavy atom. The molecule has 0 saturated carbocycles. The van der Waals surface area contributed by atoms with Crippen molar-refractivity contribution in [3.63, 3.8) is 0 Å². The fraction of sp³-hybridized carbons (Fsp3) is 1.00. The van der Waals surface area contributed by atoms with Gasteiger partial charge >= 0.3 is 0 Å². The van der Waals surface area contributed by atoms with E-state index in [-0.39, 0.29) is 6.42 Å². The summed E-state index contributed by atoms with van der Waals surface area (Å²) >= 11 is 0. The highest BCUT2D eigenvalue weighted by molar-refractivity contribution is 4.97. The van der Waals surface area contributed by atoms with Gasteiger partial charge in [-0.2, -0.15) is 0 Å². The van der Waals surface area contributed by atoms with Gasteiger partial charge < -0.3 is 104 Å². The van der Waals surface area contributed by atoms with Crippen molar-refractivity contribution in [2.24, 2.45) is 0 Å². The maximum absolute atomic E-state index is 11.4. The molecule has 4 saturated heterocycles. The summed E-state index contributed by atoms with van der Waals surface area (Å²) in [7, 11) is 0. The van der Waals surface area contributed by atoms with E-state index in [1.54, 1.807) is 0 Å². The average molecular weight is 723 g/mol. The SMILES string of the molecule is C[C@@H](O)[C@H](CO)O[C@H]1O[C@H](CO)[C@@H](O)[C@H](O[C@H]2O[C@H](CO)[C@H](O)[C@H](O)[C@H]2O)[C@@H]1O[C@H]1O[C@H](CO)[C@H](O)[C@H](O[C@@H]2O[C@H](C)[C@@H](O)C[C@H]2O)[C@H]1O. The Morgan fingerprint density at radius 2 is 1.04 bits per heavy atom. The molecule has 0 aliphatic carbocycles. The predicted molar refractivity (Wildman–Crippen MR) is 153 cm³/mol. The van der Waals surface area contributed by atoms with Crippen LogP contribution in [0.3, 0.4) is 0 Å². The molecule has 0 aromatic heterocycles. The zero-order valence-electron chi connectivity index (χ0n) is 26.7. The number of rotatable bonds is 13. The Labute approximate surface area is 280 Å². The first-order valence-corrected chi connectivity index (χ1v) is 16.0. The number of aliphatic hydroxyl groups excluding tert-OH is 13. The molecule has 21 nitrogen and oxygen atoms in total. The van der Waals surface area contributed by atoms with Crippen LogP contribution in [-0.4, -0.2) is 222 Å². The van der Waals surface area contributed by atoms with Crippen LogP contribution >= 0.6 is 0 Å². The van der Waals surface area contributed by atoms with E-state index in [4.69, 9.17) is 37.9 Å². The first kappa shape index (κ1) is 40.9. The van der Waals surface area contributed by atoms with Crippen LogP contribution in [0.5, 0.6) is 0 Å². The zero-order valence-corrected chi connectivity index (χ0v) is 26.7. The van der Waals surface area contributed by atoms with Crippen molar-refractivity contribution in [3.05, 3.63) is 0 Å². The van der Waals surface area contributed by atoms with Gasteiger partial charge in [-0.05, 0) is 13.8 Å². The molecule has 4 rings (SSSR count). The largest absolute Gasteiger partial charge is 0.394 e. The van der Waals surface area contributed by atoms with Crippen LogP contribution in [0, 0.1) is 0 Å². The highest BCUT2D eigenvalue weighted by Gasteiger charge is 2.56. The van der Waals surface area contributed by atoms with E-state index in [1.807, 2.05) is 0 Å². The van der Waals surface area contributed by atoms with Crippen LogP contribution in [-0.2, 0) is 37.9 Å². The van der Waals surface area contributed by atoms with E-state index in [9.17, 15) is 66.4 Å². The lowest BCUT2D eigenvalue weighted by atomic mass is 9.95. The first-order valence-electron chi connectivity index (χ1n) is 16.0. The number of hydrogen-bond acceptors (Lipinski definition) is 21. The fourth-order valence-corrected chi connectivity index (χ4v) is 5.97. The number of hydrogen-bond donors (Lipinski definition) is 13. The summed E-state index contributed by atoms with van der Waals surface area (Å²) in [5.41, 5.74) is 0. The van der Waals surface area contributed by atoms with Gasteiger partial charge in [0.1, 0.15) is 85.5 Å². The third kappa shape index (κ3) is 9.04. The zero-order chi connectivity index (χ0) is 36.3. The molecular formula is C28H50O21. The third-order valence-corrected chi connectivity index (χ3v) is 9.06. The van der Waals surface area contributed by atoms with E-state index < -0.39 is 155 Å². The Morgan fingerprint density at radius 3 is 1.59 bits per heavy atom. The van der Waals surface area contributed by atoms with Gasteiger partial charge in [-0.3, -0.25) is 0 Å². The second-order valence-electron chi connectivity index (χ2n) is 12.6. The van der Waals surface area contributed by atoms with Crippen LogP contribution in [0.4, 0.5) is 0 Å². The van der Waals surface area contributed by atoms with E-state index in [1.165, 1.54) is 13.8 Å². The van der Waals surface area contributed by atoms with Crippen LogP contribution in [0.1, 0.15) is 20.3 Å². The lowest BCUT2D eigenvalue weighted by Crippen LogP contribution is -2.68. The highest BCUT2D eigenvalue weighted by atomic mass is 16.8. The van der Waals surface area contributed by atoms with Crippen LogP contribution in [0.15, 0.2) is 0 Å². The molecule has 0 spiro atoms. The van der Waals surface area contributed by atoms with E-state index in [0.29, 0.717) is 0 Å². The molecule has 0 unspecified atom stereocenters. The minimum Gasteiger partial charge on any atom is -0.394 e. The summed E-state index contributed by atoms with van der Waals surface area (Å²) in [6, 6.07) is 0. The molecule has 0 bridgehead atoms. The quantitative estimate of drug-likeness (QED) is 0.0839. The highest BCUT2D eigenvalue weighted by Crippen LogP contribution is 2.35. The monoisotopic (exact) mass is 722 g/mol. The maximum Gasteiger partial charge on any atom is 0.187 e. The van der Waals surface area contributed by atoms with Crippen LogP contribution < -0.4 is 0 Å². The van der Waals surface area contributed by atoms with E-state index in [0.717, 1.165) is 0 Å². The summed E-state index contributed by atoms with van der Waals surface area (Å²) in [6.07, 6.45) is -34.2. The summed E-state index contributed by atoms with van der Waals surface area (Å²) in [6.45, 7) is -0.554. The second kappa shape index (κ2) is 17.8. The second-order valence-corrected chi connectivity index (χ2v) is 12.6. The van der Waals surface area contributed by atoms with Crippen LogP contribution in [0.2, 0.25) is 0 Å². The Balaban J connectivity index is 1.67. The summed E-state index contributed by atoms with van der Waals surface area (Å²) in [4.78, 5) is 0. The molecular weight excluding hydrogens is 672 g/mol. The van der Waals surface area contributed by atoms with E-state index >= 15 is 0 Å². The van der Waals surface area contributed by atoms with Crippen molar-refractivity contribution in [1.82, 2.24) is 0 Å². The van der Waals surface area contributed by atoms with Gasteiger partial charge in [-0.25, -0.2) is 0 Å². The molecule has 4 fully saturated rings. The molecule has 0 amide bonds. The lowest BCUT2D eigenvalue weighted by Gasteiger charge is -2.50. The normalized spacial score (nSPS) is 49.4. The Hall–Kier alpha value is -0.840. The van der Waals surface area contributed by atoms with Crippen molar-refractivity contribution >= 4 is 0 Å². The molecule has 13 N–H and O–H groups in total. The van der Waals surface area contributed by atoms with Gasteiger partial charge in [0.15, 0.2) is 25.2 Å². The van der Waals surface area contributed by atoms with Crippen molar-refractivity contribution in [2.75, 3.05) is 26.4 Å². The van der Waals surface area contributed by atoms with Crippen molar-refractivity contribution in [3.8, 4) is 0 Å². The topological polar surface area (TPSA) is 337 Å². The number of aliphatic hydroxyl groups is 13. The van der Waals surface area contributed by atoms with Gasteiger partial charge in [-0.1, -0.05) is 0 Å². The molecule has 4 aliphatic rings. The minimum absolute atomic E-state index is 0.167. The van der Waals surface area contributed by atoms with Gasteiger partial charge in [0, 0.05) is 6.42 Å². The minimum atomic E-state index is -1.98. The van der Waals surface area contributed by atoms with Gasteiger partial charge in [-0.15, -0.1) is 0 Å².